The minimum atomic E-state index is -2.82. The first-order chi connectivity index (χ1) is 11.2. The Bertz CT molecular complexity index is 470. The summed E-state index contributed by atoms with van der Waals surface area (Å²) in [6.07, 6.45) is 1.98. The van der Waals surface area contributed by atoms with E-state index in [1.165, 1.54) is 6.07 Å². The highest BCUT2D eigenvalue weighted by atomic mass is 19.3. The summed E-state index contributed by atoms with van der Waals surface area (Å²) in [5.41, 5.74) is 0.836. The van der Waals surface area contributed by atoms with Crippen molar-refractivity contribution >= 4 is 5.96 Å². The van der Waals surface area contributed by atoms with Crippen LogP contribution in [0.1, 0.15) is 25.3 Å². The summed E-state index contributed by atoms with van der Waals surface area (Å²) in [7, 11) is 1.69. The molecular formula is C16H25F2N3O2. The van der Waals surface area contributed by atoms with Crippen LogP contribution >= 0.6 is 0 Å². The zero-order valence-corrected chi connectivity index (χ0v) is 13.6. The van der Waals surface area contributed by atoms with E-state index in [1.54, 1.807) is 19.2 Å². The Morgan fingerprint density at radius 1 is 1.26 bits per heavy atom. The third-order valence-corrected chi connectivity index (χ3v) is 3.02. The van der Waals surface area contributed by atoms with Gasteiger partial charge in [0.2, 0.25) is 0 Å². The minimum absolute atomic E-state index is 0.151. The van der Waals surface area contributed by atoms with Crippen LogP contribution in [-0.4, -0.2) is 39.4 Å². The summed E-state index contributed by atoms with van der Waals surface area (Å²) in [6, 6.07) is 6.59. The second-order valence-corrected chi connectivity index (χ2v) is 4.78. The molecule has 1 aromatic rings. The Labute approximate surface area is 136 Å². The predicted octanol–water partition coefficient (Wildman–Crippen LogP) is 2.77. The molecule has 1 rings (SSSR count). The van der Waals surface area contributed by atoms with Crippen LogP contribution in [-0.2, 0) is 11.3 Å². The van der Waals surface area contributed by atoms with Gasteiger partial charge in [-0.25, -0.2) is 0 Å². The molecule has 0 radical (unpaired) electrons. The monoisotopic (exact) mass is 329 g/mol. The van der Waals surface area contributed by atoms with Gasteiger partial charge < -0.3 is 20.1 Å². The fourth-order valence-corrected chi connectivity index (χ4v) is 1.92. The standard InChI is InChI=1S/C16H25F2N3O2/c1-3-22-10-5-4-9-20-16(19-2)21-12-13-7-6-8-14(11-13)23-15(17)18/h6-8,11,15H,3-5,9-10,12H2,1-2H3,(H2,19,20,21). The number of hydrogen-bond acceptors (Lipinski definition) is 3. The molecule has 7 heteroatoms. The molecule has 0 aliphatic rings. The van der Waals surface area contributed by atoms with Crippen LogP contribution in [0.5, 0.6) is 5.75 Å². The van der Waals surface area contributed by atoms with Gasteiger partial charge in [-0.2, -0.15) is 8.78 Å². The number of aliphatic imine (C=N–C) groups is 1. The molecule has 0 aliphatic heterocycles. The maximum absolute atomic E-state index is 12.2. The zero-order chi connectivity index (χ0) is 16.9. The molecule has 0 atom stereocenters. The lowest BCUT2D eigenvalue weighted by Gasteiger charge is -2.12. The number of guanidine groups is 1. The fourth-order valence-electron chi connectivity index (χ4n) is 1.92. The number of halogens is 2. The van der Waals surface area contributed by atoms with E-state index in [0.29, 0.717) is 12.5 Å². The number of nitrogens with zero attached hydrogens (tertiary/aromatic N) is 1. The van der Waals surface area contributed by atoms with Crippen molar-refractivity contribution in [1.29, 1.82) is 0 Å². The molecule has 0 saturated carbocycles. The Hall–Kier alpha value is -1.89. The molecule has 5 nitrogen and oxygen atoms in total. The van der Waals surface area contributed by atoms with Gasteiger partial charge >= 0.3 is 6.61 Å². The van der Waals surface area contributed by atoms with E-state index in [9.17, 15) is 8.78 Å². The Morgan fingerprint density at radius 2 is 2.09 bits per heavy atom. The highest BCUT2D eigenvalue weighted by Crippen LogP contribution is 2.15. The number of benzene rings is 1. The van der Waals surface area contributed by atoms with Crippen molar-refractivity contribution in [1.82, 2.24) is 10.6 Å². The van der Waals surface area contributed by atoms with Gasteiger partial charge in [-0.1, -0.05) is 12.1 Å². The van der Waals surface area contributed by atoms with Crippen molar-refractivity contribution in [2.24, 2.45) is 4.99 Å². The first kappa shape index (κ1) is 19.2. The van der Waals surface area contributed by atoms with Crippen molar-refractivity contribution in [2.75, 3.05) is 26.8 Å². The van der Waals surface area contributed by atoms with Crippen LogP contribution in [0.4, 0.5) is 8.78 Å². The number of rotatable bonds is 10. The molecule has 0 amide bonds. The predicted molar refractivity (Wildman–Crippen MR) is 87.0 cm³/mol. The van der Waals surface area contributed by atoms with E-state index in [2.05, 4.69) is 20.4 Å². The van der Waals surface area contributed by atoms with Crippen LogP contribution in [0, 0.1) is 0 Å². The molecule has 23 heavy (non-hydrogen) atoms. The summed E-state index contributed by atoms with van der Waals surface area (Å²) in [4.78, 5) is 4.12. The number of hydrogen-bond donors (Lipinski definition) is 2. The van der Waals surface area contributed by atoms with E-state index >= 15 is 0 Å². The zero-order valence-electron chi connectivity index (χ0n) is 13.6. The molecule has 0 unspecified atom stereocenters. The smallest absolute Gasteiger partial charge is 0.387 e. The average Bonchev–Trinajstić information content (AvgIpc) is 2.53. The van der Waals surface area contributed by atoms with Crippen molar-refractivity contribution < 1.29 is 18.3 Å². The van der Waals surface area contributed by atoms with E-state index in [-0.39, 0.29) is 5.75 Å². The van der Waals surface area contributed by atoms with Crippen LogP contribution in [0.25, 0.3) is 0 Å². The lowest BCUT2D eigenvalue weighted by molar-refractivity contribution is -0.0498. The molecule has 0 spiro atoms. The minimum Gasteiger partial charge on any atom is -0.435 e. The van der Waals surface area contributed by atoms with Gasteiger partial charge in [0.1, 0.15) is 5.75 Å². The SMILES string of the molecule is CCOCCCCNC(=NC)NCc1cccc(OC(F)F)c1. The first-order valence-corrected chi connectivity index (χ1v) is 7.71. The highest BCUT2D eigenvalue weighted by Gasteiger charge is 2.05. The van der Waals surface area contributed by atoms with E-state index in [0.717, 1.165) is 38.2 Å². The maximum atomic E-state index is 12.2. The van der Waals surface area contributed by atoms with Gasteiger partial charge in [0.25, 0.3) is 0 Å². The number of nitrogens with one attached hydrogen (secondary N) is 2. The van der Waals surface area contributed by atoms with E-state index in [1.807, 2.05) is 13.0 Å². The van der Waals surface area contributed by atoms with E-state index < -0.39 is 6.61 Å². The number of ether oxygens (including phenoxy) is 2. The second-order valence-electron chi connectivity index (χ2n) is 4.78. The molecule has 0 aliphatic carbocycles. The van der Waals surface area contributed by atoms with Gasteiger partial charge in [-0.3, -0.25) is 4.99 Å². The summed E-state index contributed by atoms with van der Waals surface area (Å²) >= 11 is 0. The van der Waals surface area contributed by atoms with Crippen LogP contribution in [0.15, 0.2) is 29.3 Å². The number of alkyl halides is 2. The summed E-state index contributed by atoms with van der Waals surface area (Å²) in [5, 5.41) is 6.33. The molecule has 0 aromatic heterocycles. The Kier molecular flexibility index (Phi) is 9.70. The molecule has 0 saturated heterocycles. The molecule has 0 heterocycles. The molecule has 1 aromatic carbocycles. The van der Waals surface area contributed by atoms with Crippen LogP contribution in [0.2, 0.25) is 0 Å². The molecule has 0 bridgehead atoms. The Balaban J connectivity index is 2.31. The topological polar surface area (TPSA) is 54.9 Å². The largest absolute Gasteiger partial charge is 0.435 e. The van der Waals surface area contributed by atoms with Gasteiger partial charge in [-0.05, 0) is 37.5 Å². The van der Waals surface area contributed by atoms with Gasteiger partial charge in [-0.15, -0.1) is 0 Å². The van der Waals surface area contributed by atoms with Crippen molar-refractivity contribution in [3.8, 4) is 5.75 Å². The lowest BCUT2D eigenvalue weighted by Crippen LogP contribution is -2.37. The van der Waals surface area contributed by atoms with Crippen molar-refractivity contribution in [3.05, 3.63) is 29.8 Å². The van der Waals surface area contributed by atoms with Gasteiger partial charge in [0.15, 0.2) is 5.96 Å². The third kappa shape index (κ3) is 8.97. The third-order valence-electron chi connectivity index (χ3n) is 3.02. The average molecular weight is 329 g/mol. The number of unbranched alkanes of at least 4 members (excludes halogenated alkanes) is 1. The van der Waals surface area contributed by atoms with Crippen molar-refractivity contribution in [2.45, 2.75) is 32.9 Å². The quantitative estimate of drug-likeness (QED) is 0.394. The lowest BCUT2D eigenvalue weighted by atomic mass is 10.2. The highest BCUT2D eigenvalue weighted by molar-refractivity contribution is 5.79. The second kappa shape index (κ2) is 11.6. The summed E-state index contributed by atoms with van der Waals surface area (Å²) in [5.74, 6) is 0.819. The van der Waals surface area contributed by atoms with Gasteiger partial charge in [0.05, 0.1) is 0 Å². The van der Waals surface area contributed by atoms with Crippen LogP contribution < -0.4 is 15.4 Å². The molecule has 130 valence electrons. The fraction of sp³-hybridized carbons (Fsp3) is 0.562. The molecular weight excluding hydrogens is 304 g/mol. The van der Waals surface area contributed by atoms with E-state index in [4.69, 9.17) is 4.74 Å². The maximum Gasteiger partial charge on any atom is 0.387 e. The van der Waals surface area contributed by atoms with Gasteiger partial charge in [0, 0.05) is 33.4 Å². The molecule has 0 fully saturated rings. The summed E-state index contributed by atoms with van der Waals surface area (Å²) < 4.78 is 34.0. The van der Waals surface area contributed by atoms with Crippen molar-refractivity contribution in [3.63, 3.8) is 0 Å². The Morgan fingerprint density at radius 3 is 2.78 bits per heavy atom. The normalized spacial score (nSPS) is 11.6. The summed E-state index contributed by atoms with van der Waals surface area (Å²) in [6.45, 7) is 1.93. The van der Waals surface area contributed by atoms with Crippen LogP contribution in [0.3, 0.4) is 0 Å². The molecule has 2 N–H and O–H groups in total. The first-order valence-electron chi connectivity index (χ1n) is 7.71.